The number of hydrogen-bond acceptors (Lipinski definition) is 3. The molecule has 2 aromatic rings. The van der Waals surface area contributed by atoms with Crippen LogP contribution in [0.4, 0.5) is 0 Å². The highest BCUT2D eigenvalue weighted by atomic mass is 35.5. The van der Waals surface area contributed by atoms with Crippen molar-refractivity contribution in [3.8, 4) is 17.6 Å². The SMILES string of the molecule is CC.CC.COc1ccc(Cl)cc1.COc1ccccc1C#N. The maximum atomic E-state index is 8.52. The van der Waals surface area contributed by atoms with Crippen LogP contribution in [0, 0.1) is 11.3 Å². The van der Waals surface area contributed by atoms with E-state index in [0.29, 0.717) is 11.3 Å². The molecule has 0 atom stereocenters. The van der Waals surface area contributed by atoms with Gasteiger partial charge < -0.3 is 9.47 Å². The average Bonchev–Trinajstić information content (AvgIpc) is 2.66. The van der Waals surface area contributed by atoms with Crippen molar-refractivity contribution in [3.05, 3.63) is 59.1 Å². The number of nitrogens with zero attached hydrogens (tertiary/aromatic N) is 1. The van der Waals surface area contributed by atoms with Gasteiger partial charge in [-0.05, 0) is 36.4 Å². The number of benzene rings is 2. The standard InChI is InChI=1S/C8H7NO.C7H7ClO.2C2H6/c1-10-8-5-3-2-4-7(8)6-9;1-9-7-4-2-6(8)3-5-7;2*1-2/h2-5H,1H3;2-5H,1H3;2*1-2H3. The van der Waals surface area contributed by atoms with E-state index in [1.165, 1.54) is 0 Å². The molecule has 0 unspecified atom stereocenters. The van der Waals surface area contributed by atoms with Crippen molar-refractivity contribution in [2.75, 3.05) is 14.2 Å². The van der Waals surface area contributed by atoms with Crippen LogP contribution < -0.4 is 9.47 Å². The van der Waals surface area contributed by atoms with Crippen molar-refractivity contribution in [3.63, 3.8) is 0 Å². The van der Waals surface area contributed by atoms with Gasteiger partial charge in [0.1, 0.15) is 17.6 Å². The van der Waals surface area contributed by atoms with E-state index in [-0.39, 0.29) is 0 Å². The predicted octanol–water partition coefficient (Wildman–Crippen LogP) is 5.97. The highest BCUT2D eigenvalue weighted by molar-refractivity contribution is 6.30. The summed E-state index contributed by atoms with van der Waals surface area (Å²) in [6.45, 7) is 8.00. The lowest BCUT2D eigenvalue weighted by atomic mass is 10.2. The van der Waals surface area contributed by atoms with Gasteiger partial charge in [0.25, 0.3) is 0 Å². The summed E-state index contributed by atoms with van der Waals surface area (Å²) >= 11 is 5.61. The van der Waals surface area contributed by atoms with Crippen LogP contribution in [0.5, 0.6) is 11.5 Å². The molecule has 0 aliphatic rings. The number of hydrogen-bond donors (Lipinski definition) is 0. The smallest absolute Gasteiger partial charge is 0.136 e. The predicted molar refractivity (Wildman–Crippen MR) is 98.4 cm³/mol. The fraction of sp³-hybridized carbons (Fsp3) is 0.316. The minimum atomic E-state index is 0.574. The van der Waals surface area contributed by atoms with E-state index in [1.54, 1.807) is 44.6 Å². The molecule has 0 aromatic heterocycles. The molecule has 0 aliphatic carbocycles. The number of para-hydroxylation sites is 1. The molecule has 23 heavy (non-hydrogen) atoms. The Labute approximate surface area is 145 Å². The molecule has 0 N–H and O–H groups in total. The lowest BCUT2D eigenvalue weighted by Gasteiger charge is -1.98. The van der Waals surface area contributed by atoms with Crippen LogP contribution in [0.2, 0.25) is 5.02 Å². The molecule has 126 valence electrons. The molecule has 2 aromatic carbocycles. The Hall–Kier alpha value is -2.18. The number of methoxy groups -OCH3 is 2. The Kier molecular flexibility index (Phi) is 16.3. The van der Waals surface area contributed by atoms with Gasteiger partial charge in [-0.1, -0.05) is 51.4 Å². The number of halogens is 1. The van der Waals surface area contributed by atoms with Crippen LogP contribution >= 0.6 is 11.6 Å². The second-order valence-electron chi connectivity index (χ2n) is 3.47. The molecule has 0 radical (unpaired) electrons. The summed E-state index contributed by atoms with van der Waals surface area (Å²) in [5.41, 5.74) is 0.574. The normalized spacial score (nSPS) is 7.74. The van der Waals surface area contributed by atoms with Crippen molar-refractivity contribution >= 4 is 11.6 Å². The highest BCUT2D eigenvalue weighted by Crippen LogP contribution is 2.15. The van der Waals surface area contributed by atoms with Crippen LogP contribution in [-0.2, 0) is 0 Å². The first-order chi connectivity index (χ1) is 11.2. The molecule has 0 amide bonds. The Balaban J connectivity index is 0. The van der Waals surface area contributed by atoms with E-state index in [9.17, 15) is 0 Å². The lowest BCUT2D eigenvalue weighted by Crippen LogP contribution is -1.85. The second kappa shape index (κ2) is 16.2. The van der Waals surface area contributed by atoms with Gasteiger partial charge in [-0.3, -0.25) is 0 Å². The first-order valence-corrected chi connectivity index (χ1v) is 7.91. The van der Waals surface area contributed by atoms with E-state index in [1.807, 2.05) is 52.0 Å². The molecule has 0 aliphatic heterocycles. The number of nitriles is 1. The van der Waals surface area contributed by atoms with Gasteiger partial charge >= 0.3 is 0 Å². The summed E-state index contributed by atoms with van der Waals surface area (Å²) < 4.78 is 9.82. The van der Waals surface area contributed by atoms with Crippen molar-refractivity contribution in [1.29, 1.82) is 5.26 Å². The quantitative estimate of drug-likeness (QED) is 0.679. The van der Waals surface area contributed by atoms with Crippen molar-refractivity contribution in [1.82, 2.24) is 0 Å². The molecule has 2 rings (SSSR count). The van der Waals surface area contributed by atoms with Gasteiger partial charge in [-0.2, -0.15) is 5.26 Å². The summed E-state index contributed by atoms with van der Waals surface area (Å²) in [5.74, 6) is 1.46. The van der Waals surface area contributed by atoms with Crippen molar-refractivity contribution in [2.24, 2.45) is 0 Å². The summed E-state index contributed by atoms with van der Waals surface area (Å²) in [7, 11) is 3.18. The van der Waals surface area contributed by atoms with Gasteiger partial charge in [-0.15, -0.1) is 0 Å². The summed E-state index contributed by atoms with van der Waals surface area (Å²) in [4.78, 5) is 0. The topological polar surface area (TPSA) is 42.2 Å². The van der Waals surface area contributed by atoms with Crippen LogP contribution in [0.15, 0.2) is 48.5 Å². The number of rotatable bonds is 2. The fourth-order valence-corrected chi connectivity index (χ4v) is 1.43. The zero-order valence-corrected chi connectivity index (χ0v) is 15.5. The maximum Gasteiger partial charge on any atom is 0.136 e. The third kappa shape index (κ3) is 10.2. The Morgan fingerprint density at radius 1 is 0.826 bits per heavy atom. The Bertz CT molecular complexity index is 548. The zero-order chi connectivity index (χ0) is 18.1. The first kappa shape index (κ1) is 23.1. The van der Waals surface area contributed by atoms with Crippen LogP contribution in [0.25, 0.3) is 0 Å². The van der Waals surface area contributed by atoms with Crippen molar-refractivity contribution < 1.29 is 9.47 Å². The minimum absolute atomic E-state index is 0.574. The third-order valence-electron chi connectivity index (χ3n) is 2.28. The van der Waals surface area contributed by atoms with Gasteiger partial charge in [0.2, 0.25) is 0 Å². The first-order valence-electron chi connectivity index (χ1n) is 7.54. The molecule has 3 nitrogen and oxygen atoms in total. The molecule has 0 spiro atoms. The monoisotopic (exact) mass is 335 g/mol. The summed E-state index contributed by atoms with van der Waals surface area (Å²) in [6, 6.07) is 16.4. The molecule has 4 heteroatoms. The third-order valence-corrected chi connectivity index (χ3v) is 2.53. The van der Waals surface area contributed by atoms with Gasteiger partial charge in [-0.25, -0.2) is 0 Å². The zero-order valence-electron chi connectivity index (χ0n) is 14.8. The van der Waals surface area contributed by atoms with E-state index in [4.69, 9.17) is 26.3 Å². The largest absolute Gasteiger partial charge is 0.497 e. The van der Waals surface area contributed by atoms with E-state index in [0.717, 1.165) is 10.8 Å². The molecule has 0 heterocycles. The Morgan fingerprint density at radius 3 is 1.74 bits per heavy atom. The van der Waals surface area contributed by atoms with Crippen LogP contribution in [-0.4, -0.2) is 14.2 Å². The van der Waals surface area contributed by atoms with Gasteiger partial charge in [0, 0.05) is 5.02 Å². The second-order valence-corrected chi connectivity index (χ2v) is 3.91. The van der Waals surface area contributed by atoms with Gasteiger partial charge in [0.15, 0.2) is 0 Å². The van der Waals surface area contributed by atoms with Gasteiger partial charge in [0.05, 0.1) is 19.8 Å². The fourth-order valence-electron chi connectivity index (χ4n) is 1.31. The molecule has 0 saturated heterocycles. The van der Waals surface area contributed by atoms with Crippen LogP contribution in [0.3, 0.4) is 0 Å². The average molecular weight is 336 g/mol. The molecule has 0 saturated carbocycles. The molecule has 0 bridgehead atoms. The van der Waals surface area contributed by atoms with E-state index in [2.05, 4.69) is 0 Å². The van der Waals surface area contributed by atoms with Crippen LogP contribution in [0.1, 0.15) is 33.3 Å². The Morgan fingerprint density at radius 2 is 1.35 bits per heavy atom. The maximum absolute atomic E-state index is 8.52. The molecular formula is C19H26ClNO2. The highest BCUT2D eigenvalue weighted by Gasteiger charge is 1.96. The minimum Gasteiger partial charge on any atom is -0.497 e. The van der Waals surface area contributed by atoms with Crippen molar-refractivity contribution in [2.45, 2.75) is 27.7 Å². The molecular weight excluding hydrogens is 310 g/mol. The van der Waals surface area contributed by atoms with E-state index >= 15 is 0 Å². The summed E-state index contributed by atoms with van der Waals surface area (Å²) in [5, 5.41) is 9.25. The number of ether oxygens (including phenoxy) is 2. The summed E-state index contributed by atoms with van der Waals surface area (Å²) in [6.07, 6.45) is 0. The van der Waals surface area contributed by atoms with E-state index < -0.39 is 0 Å². The molecule has 0 fully saturated rings. The lowest BCUT2D eigenvalue weighted by molar-refractivity contribution is 0.413.